The van der Waals surface area contributed by atoms with Gasteiger partial charge in [0.15, 0.2) is 17.3 Å². The SMILES string of the molecule is CCCCCCCCCCCCCC(=O)[C@](N)(CCCN=C(N)N)C(=O)OCC. The summed E-state index contributed by atoms with van der Waals surface area (Å²) in [4.78, 5) is 28.8. The monoisotopic (exact) mass is 412 g/mol. The topological polar surface area (TPSA) is 134 Å². The number of guanidine groups is 1. The van der Waals surface area contributed by atoms with E-state index in [1.165, 1.54) is 51.4 Å². The number of aliphatic imine (C=N–C) groups is 1. The van der Waals surface area contributed by atoms with Crippen molar-refractivity contribution < 1.29 is 14.3 Å². The predicted molar refractivity (Wildman–Crippen MR) is 120 cm³/mol. The van der Waals surface area contributed by atoms with Gasteiger partial charge in [0.1, 0.15) is 0 Å². The number of Topliss-reactive ketones (excluding diaryl/α,β-unsaturated/α-hetero) is 1. The Morgan fingerprint density at radius 3 is 1.83 bits per heavy atom. The molecule has 6 N–H and O–H groups in total. The summed E-state index contributed by atoms with van der Waals surface area (Å²) in [5.74, 6) is -0.926. The quantitative estimate of drug-likeness (QED) is 0.0976. The summed E-state index contributed by atoms with van der Waals surface area (Å²) in [5, 5.41) is 0. The van der Waals surface area contributed by atoms with E-state index in [9.17, 15) is 9.59 Å². The number of ether oxygens (including phenoxy) is 1. The van der Waals surface area contributed by atoms with Gasteiger partial charge in [-0.1, -0.05) is 71.1 Å². The van der Waals surface area contributed by atoms with Crippen molar-refractivity contribution in [2.45, 2.75) is 109 Å². The molecule has 0 aliphatic heterocycles. The van der Waals surface area contributed by atoms with Crippen LogP contribution in [0.2, 0.25) is 0 Å². The van der Waals surface area contributed by atoms with Crippen LogP contribution in [-0.2, 0) is 14.3 Å². The fraction of sp³-hybridized carbons (Fsp3) is 0.864. The lowest BCUT2D eigenvalue weighted by Crippen LogP contribution is -2.55. The third-order valence-electron chi connectivity index (χ3n) is 5.17. The number of hydrogen-bond acceptors (Lipinski definition) is 5. The zero-order valence-electron chi connectivity index (χ0n) is 18.7. The highest BCUT2D eigenvalue weighted by atomic mass is 16.5. The van der Waals surface area contributed by atoms with Crippen LogP contribution >= 0.6 is 0 Å². The number of rotatable bonds is 19. The molecule has 0 amide bonds. The van der Waals surface area contributed by atoms with Gasteiger partial charge in [-0.05, 0) is 26.2 Å². The van der Waals surface area contributed by atoms with E-state index in [-0.39, 0.29) is 24.8 Å². The molecule has 7 heteroatoms. The second-order valence-electron chi connectivity index (χ2n) is 7.81. The van der Waals surface area contributed by atoms with Gasteiger partial charge in [0.05, 0.1) is 6.61 Å². The van der Waals surface area contributed by atoms with Crippen molar-refractivity contribution in [3.63, 3.8) is 0 Å². The normalized spacial score (nSPS) is 12.9. The Morgan fingerprint density at radius 1 is 0.828 bits per heavy atom. The summed E-state index contributed by atoms with van der Waals surface area (Å²) < 4.78 is 5.04. The van der Waals surface area contributed by atoms with Crippen molar-refractivity contribution in [2.24, 2.45) is 22.2 Å². The zero-order chi connectivity index (χ0) is 22.0. The second-order valence-corrected chi connectivity index (χ2v) is 7.81. The number of esters is 1. The summed E-state index contributed by atoms with van der Waals surface area (Å²) in [7, 11) is 0. The Bertz CT molecular complexity index is 479. The molecule has 0 aliphatic rings. The zero-order valence-corrected chi connectivity index (χ0v) is 18.7. The molecule has 1 atom stereocenters. The summed E-state index contributed by atoms with van der Waals surface area (Å²) >= 11 is 0. The predicted octanol–water partition coefficient (Wildman–Crippen LogP) is 3.57. The Kier molecular flexibility index (Phi) is 16.3. The van der Waals surface area contributed by atoms with E-state index in [0.717, 1.165) is 19.3 Å². The largest absolute Gasteiger partial charge is 0.464 e. The molecular weight excluding hydrogens is 368 g/mol. The number of nitrogens with zero attached hydrogens (tertiary/aromatic N) is 1. The third kappa shape index (κ3) is 13.3. The van der Waals surface area contributed by atoms with Gasteiger partial charge < -0.3 is 21.9 Å². The highest BCUT2D eigenvalue weighted by Crippen LogP contribution is 2.19. The lowest BCUT2D eigenvalue weighted by Gasteiger charge is -2.25. The van der Waals surface area contributed by atoms with E-state index >= 15 is 0 Å². The van der Waals surface area contributed by atoms with Gasteiger partial charge in [-0.15, -0.1) is 0 Å². The van der Waals surface area contributed by atoms with Crippen molar-refractivity contribution in [3.05, 3.63) is 0 Å². The summed E-state index contributed by atoms with van der Waals surface area (Å²) in [5.41, 5.74) is 15.2. The minimum Gasteiger partial charge on any atom is -0.464 e. The minimum atomic E-state index is -1.60. The van der Waals surface area contributed by atoms with Gasteiger partial charge in [-0.2, -0.15) is 0 Å². The first-order chi connectivity index (χ1) is 13.9. The summed E-state index contributed by atoms with van der Waals surface area (Å²) in [6.45, 7) is 4.45. The van der Waals surface area contributed by atoms with Gasteiger partial charge in [-0.3, -0.25) is 9.79 Å². The minimum absolute atomic E-state index is 0.0176. The first-order valence-electron chi connectivity index (χ1n) is 11.4. The highest BCUT2D eigenvalue weighted by Gasteiger charge is 2.41. The molecule has 0 rings (SSSR count). The molecule has 7 nitrogen and oxygen atoms in total. The number of unbranched alkanes of at least 4 members (excludes halogenated alkanes) is 10. The van der Waals surface area contributed by atoms with Crippen LogP contribution in [0.5, 0.6) is 0 Å². The first-order valence-corrected chi connectivity index (χ1v) is 11.4. The van der Waals surface area contributed by atoms with Crippen LogP contribution in [0.25, 0.3) is 0 Å². The molecule has 0 aromatic carbocycles. The van der Waals surface area contributed by atoms with E-state index in [2.05, 4.69) is 11.9 Å². The fourth-order valence-corrected chi connectivity index (χ4v) is 3.35. The van der Waals surface area contributed by atoms with Crippen LogP contribution in [-0.4, -0.2) is 36.4 Å². The Balaban J connectivity index is 4.16. The number of carbonyl (C=O) groups is 2. The molecule has 29 heavy (non-hydrogen) atoms. The van der Waals surface area contributed by atoms with Crippen molar-refractivity contribution >= 4 is 17.7 Å². The first kappa shape index (κ1) is 27.4. The van der Waals surface area contributed by atoms with E-state index in [0.29, 0.717) is 19.4 Å². The van der Waals surface area contributed by atoms with Crippen molar-refractivity contribution in [1.82, 2.24) is 0 Å². The Labute approximate surface area is 177 Å². The number of ketones is 1. The average Bonchev–Trinajstić information content (AvgIpc) is 2.69. The molecule has 0 bridgehead atoms. The van der Waals surface area contributed by atoms with Gasteiger partial charge >= 0.3 is 5.97 Å². The fourth-order valence-electron chi connectivity index (χ4n) is 3.35. The standard InChI is InChI=1S/C22H44N4O3/c1-3-5-6-7-8-9-10-11-12-13-14-16-19(27)22(25,20(28)29-4-2)17-15-18-26-21(23)24/h3-18,25H2,1-2H3,(H4,23,24,26)/t22-/m1/s1. The lowest BCUT2D eigenvalue weighted by atomic mass is 9.86. The summed E-state index contributed by atoms with van der Waals surface area (Å²) in [6.07, 6.45) is 14.2. The molecule has 0 aromatic rings. The summed E-state index contributed by atoms with van der Waals surface area (Å²) in [6, 6.07) is 0. The maximum atomic E-state index is 12.7. The molecule has 0 saturated carbocycles. The highest BCUT2D eigenvalue weighted by molar-refractivity contribution is 6.08. The molecule has 0 heterocycles. The number of nitrogens with two attached hydrogens (primary N) is 3. The van der Waals surface area contributed by atoms with Crippen molar-refractivity contribution in [1.29, 1.82) is 0 Å². The van der Waals surface area contributed by atoms with E-state index in [1.807, 2.05) is 0 Å². The van der Waals surface area contributed by atoms with Gasteiger partial charge in [0.2, 0.25) is 0 Å². The van der Waals surface area contributed by atoms with Crippen LogP contribution in [0.3, 0.4) is 0 Å². The molecule has 0 fully saturated rings. The molecule has 0 radical (unpaired) electrons. The van der Waals surface area contributed by atoms with E-state index in [1.54, 1.807) is 6.92 Å². The number of hydrogen-bond donors (Lipinski definition) is 3. The van der Waals surface area contributed by atoms with Crippen LogP contribution in [0.4, 0.5) is 0 Å². The average molecular weight is 413 g/mol. The molecule has 0 aromatic heterocycles. The number of carbonyl (C=O) groups excluding carboxylic acids is 2. The van der Waals surface area contributed by atoms with Crippen LogP contribution in [0.15, 0.2) is 4.99 Å². The van der Waals surface area contributed by atoms with Crippen molar-refractivity contribution in [2.75, 3.05) is 13.2 Å². The van der Waals surface area contributed by atoms with Crippen LogP contribution in [0.1, 0.15) is 104 Å². The van der Waals surface area contributed by atoms with Gasteiger partial charge in [-0.25, -0.2) is 4.79 Å². The van der Waals surface area contributed by atoms with Crippen LogP contribution in [0, 0.1) is 0 Å². The van der Waals surface area contributed by atoms with Gasteiger partial charge in [0.25, 0.3) is 0 Å². The third-order valence-corrected chi connectivity index (χ3v) is 5.17. The maximum Gasteiger partial charge on any atom is 0.333 e. The lowest BCUT2D eigenvalue weighted by molar-refractivity contribution is -0.154. The van der Waals surface area contributed by atoms with E-state index in [4.69, 9.17) is 21.9 Å². The molecule has 170 valence electrons. The Hall–Kier alpha value is -1.63. The van der Waals surface area contributed by atoms with E-state index < -0.39 is 11.5 Å². The molecule has 0 saturated heterocycles. The molecule has 0 aliphatic carbocycles. The van der Waals surface area contributed by atoms with Crippen LogP contribution < -0.4 is 17.2 Å². The second kappa shape index (κ2) is 17.2. The van der Waals surface area contributed by atoms with Crippen molar-refractivity contribution in [3.8, 4) is 0 Å². The molecule has 0 spiro atoms. The molecular formula is C22H44N4O3. The maximum absolute atomic E-state index is 12.7. The molecule has 0 unspecified atom stereocenters. The smallest absolute Gasteiger partial charge is 0.333 e. The Morgan fingerprint density at radius 2 is 1.34 bits per heavy atom. The van der Waals surface area contributed by atoms with Gasteiger partial charge in [0, 0.05) is 13.0 Å².